The predicted molar refractivity (Wildman–Crippen MR) is 131 cm³/mol. The Balaban J connectivity index is 1.36. The highest BCUT2D eigenvalue weighted by Gasteiger charge is 2.37. The van der Waals surface area contributed by atoms with E-state index in [4.69, 9.17) is 9.47 Å². The molecular weight excluding hydrogens is 485 g/mol. The van der Waals surface area contributed by atoms with Crippen molar-refractivity contribution in [2.75, 3.05) is 12.4 Å². The quantitative estimate of drug-likeness (QED) is 0.382. The van der Waals surface area contributed by atoms with Crippen molar-refractivity contribution in [1.29, 1.82) is 0 Å². The van der Waals surface area contributed by atoms with E-state index in [2.05, 4.69) is 21.9 Å². The van der Waals surface area contributed by atoms with Gasteiger partial charge in [0.05, 0.1) is 11.7 Å². The van der Waals surface area contributed by atoms with E-state index < -0.39 is 17.6 Å². The van der Waals surface area contributed by atoms with E-state index in [0.717, 1.165) is 25.7 Å². The van der Waals surface area contributed by atoms with Crippen molar-refractivity contribution in [2.24, 2.45) is 0 Å². The number of hydrogen-bond acceptors (Lipinski definition) is 6. The second-order valence-corrected chi connectivity index (χ2v) is 9.18. The Labute approximate surface area is 211 Å². The lowest BCUT2D eigenvalue weighted by Crippen LogP contribution is -2.20. The first kappa shape index (κ1) is 24.6. The summed E-state index contributed by atoms with van der Waals surface area (Å²) in [5, 5.41) is 2.90. The highest BCUT2D eigenvalue weighted by molar-refractivity contribution is 6.00. The summed E-state index contributed by atoms with van der Waals surface area (Å²) < 4.78 is 52.7. The van der Waals surface area contributed by atoms with E-state index in [0.29, 0.717) is 29.7 Å². The molecule has 1 fully saturated rings. The fourth-order valence-corrected chi connectivity index (χ4v) is 4.41. The Morgan fingerprint density at radius 3 is 2.54 bits per heavy atom. The number of aromatic nitrogens is 2. The van der Waals surface area contributed by atoms with E-state index >= 15 is 0 Å². The summed E-state index contributed by atoms with van der Waals surface area (Å²) in [5.41, 5.74) is 1.56. The Bertz CT molecular complexity index is 1330. The van der Waals surface area contributed by atoms with Crippen molar-refractivity contribution in [2.45, 2.75) is 44.5 Å². The number of rotatable bonds is 6. The molecule has 1 aromatic heterocycles. The number of anilines is 2. The van der Waals surface area contributed by atoms with Crippen molar-refractivity contribution in [3.8, 4) is 17.4 Å². The molecule has 2 aliphatic rings. The van der Waals surface area contributed by atoms with Gasteiger partial charge in [-0.3, -0.25) is 4.79 Å². The number of fused-ring (bicyclic) bond motifs is 1. The van der Waals surface area contributed by atoms with Gasteiger partial charge in [0.25, 0.3) is 5.91 Å². The van der Waals surface area contributed by atoms with E-state index in [9.17, 15) is 18.0 Å². The summed E-state index contributed by atoms with van der Waals surface area (Å²) in [6, 6.07) is 11.8. The van der Waals surface area contributed by atoms with E-state index in [1.165, 1.54) is 16.5 Å². The number of carbonyl (C=O) groups is 1. The summed E-state index contributed by atoms with van der Waals surface area (Å²) in [6.45, 7) is 4.36. The summed E-state index contributed by atoms with van der Waals surface area (Å²) >= 11 is 0. The van der Waals surface area contributed by atoms with Crippen molar-refractivity contribution in [1.82, 2.24) is 14.9 Å². The van der Waals surface area contributed by atoms with Gasteiger partial charge in [0.15, 0.2) is 0 Å². The van der Waals surface area contributed by atoms with Gasteiger partial charge in [-0.25, -0.2) is 4.98 Å². The Morgan fingerprint density at radius 2 is 1.84 bits per heavy atom. The van der Waals surface area contributed by atoms with E-state index in [1.807, 2.05) is 0 Å². The van der Waals surface area contributed by atoms with Crippen LogP contribution in [0.2, 0.25) is 0 Å². The van der Waals surface area contributed by atoms with Crippen LogP contribution in [0.5, 0.6) is 17.4 Å². The van der Waals surface area contributed by atoms with E-state index in [-0.39, 0.29) is 29.3 Å². The zero-order chi connectivity index (χ0) is 26.2. The van der Waals surface area contributed by atoms with Crippen molar-refractivity contribution >= 4 is 17.5 Å². The summed E-state index contributed by atoms with van der Waals surface area (Å²) in [4.78, 5) is 21.8. The number of benzene rings is 2. The first-order valence-corrected chi connectivity index (χ1v) is 11.9. The zero-order valence-corrected chi connectivity index (χ0v) is 20.1. The molecule has 0 unspecified atom stereocenters. The summed E-state index contributed by atoms with van der Waals surface area (Å²) in [7, 11) is 1.61. The molecular formula is C27H25F3N4O3. The average Bonchev–Trinajstić information content (AvgIpc) is 3.15. The molecule has 3 aromatic rings. The highest BCUT2D eigenvalue weighted by Crippen LogP contribution is 2.39. The SMILES string of the molecule is C=C1CCC(Oc2ccc(Nc3ncc(C(F)(F)F)c(Oc4cccc5c4C(=O)N(C)C5)n3)cc2)CC1. The van der Waals surface area contributed by atoms with Gasteiger partial charge in [-0.15, -0.1) is 0 Å². The molecule has 10 heteroatoms. The fraction of sp³-hybridized carbons (Fsp3) is 0.296. The van der Waals surface area contributed by atoms with Crippen LogP contribution in [0.15, 0.2) is 60.8 Å². The lowest BCUT2D eigenvalue weighted by Gasteiger charge is -2.24. The van der Waals surface area contributed by atoms with Gasteiger partial charge in [0.1, 0.15) is 17.1 Å². The maximum atomic E-state index is 13.7. The number of hydrogen-bond donors (Lipinski definition) is 1. The number of alkyl halides is 3. The molecule has 1 aliphatic carbocycles. The van der Waals surface area contributed by atoms with Crippen LogP contribution in [0.3, 0.4) is 0 Å². The number of nitrogens with zero attached hydrogens (tertiary/aromatic N) is 3. The maximum absolute atomic E-state index is 13.7. The van der Waals surface area contributed by atoms with Crippen molar-refractivity contribution in [3.05, 3.63) is 77.5 Å². The first-order valence-electron chi connectivity index (χ1n) is 11.9. The first-order chi connectivity index (χ1) is 17.7. The van der Waals surface area contributed by atoms with Crippen molar-refractivity contribution in [3.63, 3.8) is 0 Å². The summed E-state index contributed by atoms with van der Waals surface area (Å²) in [6.07, 6.45) is -0.199. The second kappa shape index (κ2) is 9.76. The molecule has 0 bridgehead atoms. The number of amides is 1. The lowest BCUT2D eigenvalue weighted by molar-refractivity contribution is -0.139. The van der Waals surface area contributed by atoms with Crippen LogP contribution in [0.1, 0.15) is 47.2 Å². The Hall–Kier alpha value is -4.08. The molecule has 1 N–H and O–H groups in total. The maximum Gasteiger partial charge on any atom is 0.423 e. The van der Waals surface area contributed by atoms with Crippen LogP contribution in [-0.2, 0) is 12.7 Å². The van der Waals surface area contributed by atoms with Gasteiger partial charge in [-0.2, -0.15) is 18.2 Å². The predicted octanol–water partition coefficient (Wildman–Crippen LogP) is 6.49. The Kier molecular flexibility index (Phi) is 6.49. The molecule has 0 atom stereocenters. The Morgan fingerprint density at radius 1 is 1.11 bits per heavy atom. The topological polar surface area (TPSA) is 76.6 Å². The third-order valence-electron chi connectivity index (χ3n) is 6.40. The van der Waals surface area contributed by atoms with E-state index in [1.54, 1.807) is 43.4 Å². The highest BCUT2D eigenvalue weighted by atomic mass is 19.4. The van der Waals surface area contributed by atoms with Crippen LogP contribution < -0.4 is 14.8 Å². The van der Waals surface area contributed by atoms with Gasteiger partial charge < -0.3 is 19.7 Å². The zero-order valence-electron chi connectivity index (χ0n) is 20.1. The third kappa shape index (κ3) is 5.37. The van der Waals surface area contributed by atoms with Gasteiger partial charge in [-0.1, -0.05) is 24.3 Å². The second-order valence-electron chi connectivity index (χ2n) is 9.18. The van der Waals surface area contributed by atoms with Crippen molar-refractivity contribution < 1.29 is 27.4 Å². The average molecular weight is 511 g/mol. The number of carbonyl (C=O) groups excluding carboxylic acids is 1. The normalized spacial score (nSPS) is 16.1. The largest absolute Gasteiger partial charge is 0.490 e. The fourth-order valence-electron chi connectivity index (χ4n) is 4.41. The van der Waals surface area contributed by atoms with Crippen LogP contribution in [-0.4, -0.2) is 33.9 Å². The molecule has 7 nitrogen and oxygen atoms in total. The van der Waals surface area contributed by atoms with Gasteiger partial charge >= 0.3 is 6.18 Å². The monoisotopic (exact) mass is 510 g/mol. The molecule has 1 aliphatic heterocycles. The lowest BCUT2D eigenvalue weighted by atomic mass is 9.94. The minimum atomic E-state index is -4.75. The van der Waals surface area contributed by atoms with Crippen LogP contribution in [0, 0.1) is 0 Å². The van der Waals surface area contributed by atoms with Gasteiger partial charge in [-0.05, 0) is 61.6 Å². The van der Waals surface area contributed by atoms with Crippen LogP contribution >= 0.6 is 0 Å². The molecule has 1 amide bonds. The molecule has 0 radical (unpaired) electrons. The van der Waals surface area contributed by atoms with Gasteiger partial charge in [0, 0.05) is 25.5 Å². The standard InChI is InChI=1S/C27H25F3N4O3/c1-16-6-10-19(11-7-16)36-20-12-8-18(9-13-20)32-26-31-14-21(27(28,29)30)24(33-26)37-22-5-3-4-17-15-34(2)25(35)23(17)22/h3-5,8-9,12-14,19H,1,6-7,10-11,15H2,2H3,(H,31,32,33). The molecule has 37 heavy (non-hydrogen) atoms. The third-order valence-corrected chi connectivity index (χ3v) is 6.40. The molecule has 1 saturated carbocycles. The molecule has 5 rings (SSSR count). The number of ether oxygens (including phenoxy) is 2. The molecule has 0 spiro atoms. The molecule has 0 saturated heterocycles. The number of halogens is 3. The minimum absolute atomic E-state index is 0.00906. The van der Waals surface area contributed by atoms with Gasteiger partial charge in [0.2, 0.25) is 11.8 Å². The molecule has 192 valence electrons. The minimum Gasteiger partial charge on any atom is -0.490 e. The smallest absolute Gasteiger partial charge is 0.423 e. The number of allylic oxidation sites excluding steroid dienone is 1. The number of nitrogens with one attached hydrogen (secondary N) is 1. The van der Waals surface area contributed by atoms with Crippen LogP contribution in [0.25, 0.3) is 0 Å². The summed E-state index contributed by atoms with van der Waals surface area (Å²) in [5.74, 6) is -0.395. The molecule has 2 aromatic carbocycles. The van der Waals surface area contributed by atoms with Crippen LogP contribution in [0.4, 0.5) is 24.8 Å². The molecule has 2 heterocycles.